The minimum atomic E-state index is -2.26. The number of amides is 2. The third-order valence-corrected chi connectivity index (χ3v) is 6.81. The second kappa shape index (κ2) is 6.98. The third kappa shape index (κ3) is 2.46. The fourth-order valence-electron chi connectivity index (χ4n) is 5.34. The van der Waals surface area contributed by atoms with Gasteiger partial charge in [0.25, 0.3) is 0 Å². The number of Topliss-reactive ketones (excluding diaryl/α,β-unsaturated/α-hetero) is 2. The van der Waals surface area contributed by atoms with Crippen LogP contribution in [0.15, 0.2) is 72.8 Å². The van der Waals surface area contributed by atoms with Gasteiger partial charge in [0.1, 0.15) is 11.6 Å². The molecule has 0 aromatic heterocycles. The van der Waals surface area contributed by atoms with Crippen LogP contribution in [0.2, 0.25) is 0 Å². The smallest absolute Gasteiger partial charge is 0.241 e. The van der Waals surface area contributed by atoms with Crippen molar-refractivity contribution in [2.45, 2.75) is 11.7 Å². The van der Waals surface area contributed by atoms with Crippen molar-refractivity contribution in [2.75, 3.05) is 4.90 Å². The summed E-state index contributed by atoms with van der Waals surface area (Å²) in [4.78, 5) is 55.2. The molecule has 1 aliphatic carbocycles. The number of fused-ring (bicyclic) bond motifs is 3. The molecule has 2 aliphatic heterocycles. The molecule has 2 fully saturated rings. The first-order chi connectivity index (χ1) is 16.4. The molecule has 6 rings (SSSR count). The number of anilines is 1. The molecule has 2 heterocycles. The molecule has 0 saturated carbocycles. The molecule has 2 amide bonds. The molecule has 0 bridgehead atoms. The lowest BCUT2D eigenvalue weighted by molar-refractivity contribution is -0.127. The summed E-state index contributed by atoms with van der Waals surface area (Å²) in [5.74, 6) is -7.22. The Morgan fingerprint density at radius 1 is 0.735 bits per heavy atom. The number of ketones is 2. The summed E-state index contributed by atoms with van der Waals surface area (Å²) >= 11 is 0. The summed E-state index contributed by atoms with van der Waals surface area (Å²) in [7, 11) is 0. The zero-order valence-electron chi connectivity index (χ0n) is 17.4. The van der Waals surface area contributed by atoms with Gasteiger partial charge in [-0.25, -0.2) is 13.7 Å². The lowest BCUT2D eigenvalue weighted by Gasteiger charge is -2.27. The minimum Gasteiger partial charge on any atom is -0.349 e. The van der Waals surface area contributed by atoms with E-state index in [-0.39, 0.29) is 16.8 Å². The summed E-state index contributed by atoms with van der Waals surface area (Å²) in [6.45, 7) is 0. The van der Waals surface area contributed by atoms with Gasteiger partial charge < -0.3 is 4.74 Å². The average molecular weight is 459 g/mol. The molecule has 2 saturated heterocycles. The monoisotopic (exact) mass is 459 g/mol. The number of para-hydroxylation sites is 1. The number of nitrogens with zero attached hydrogens (tertiary/aromatic N) is 1. The first-order valence-electron chi connectivity index (χ1n) is 10.6. The molecule has 1 spiro atoms. The van der Waals surface area contributed by atoms with Crippen molar-refractivity contribution in [3.63, 3.8) is 0 Å². The van der Waals surface area contributed by atoms with Crippen molar-refractivity contribution in [1.82, 2.24) is 0 Å². The van der Waals surface area contributed by atoms with Gasteiger partial charge in [0, 0.05) is 11.1 Å². The first kappa shape index (κ1) is 20.6. The van der Waals surface area contributed by atoms with Crippen molar-refractivity contribution in [1.29, 1.82) is 0 Å². The van der Waals surface area contributed by atoms with Gasteiger partial charge in [-0.3, -0.25) is 19.2 Å². The van der Waals surface area contributed by atoms with Crippen molar-refractivity contribution in [2.24, 2.45) is 11.8 Å². The van der Waals surface area contributed by atoms with Crippen LogP contribution in [0.5, 0.6) is 0 Å². The number of hydrogen-bond acceptors (Lipinski definition) is 5. The van der Waals surface area contributed by atoms with Crippen molar-refractivity contribution >= 4 is 29.1 Å². The van der Waals surface area contributed by atoms with E-state index >= 15 is 0 Å². The quantitative estimate of drug-likeness (QED) is 0.432. The van der Waals surface area contributed by atoms with Gasteiger partial charge in [0.2, 0.25) is 29.0 Å². The van der Waals surface area contributed by atoms with E-state index in [1.165, 1.54) is 42.5 Å². The van der Waals surface area contributed by atoms with E-state index in [9.17, 15) is 28.0 Å². The topological polar surface area (TPSA) is 80.8 Å². The Morgan fingerprint density at radius 2 is 1.32 bits per heavy atom. The first-order valence-corrected chi connectivity index (χ1v) is 10.6. The van der Waals surface area contributed by atoms with Gasteiger partial charge in [-0.15, -0.1) is 0 Å². The highest BCUT2D eigenvalue weighted by Gasteiger charge is 2.74. The van der Waals surface area contributed by atoms with Crippen LogP contribution in [0.1, 0.15) is 32.4 Å². The van der Waals surface area contributed by atoms with E-state index < -0.39 is 58.6 Å². The molecule has 3 unspecified atom stereocenters. The SMILES string of the molecule is O=C1C2C(c3ccc(F)cc3)OC3(C(=O)c4ccccc4C3=O)C2C(=O)N1c1ccccc1F. The number of carbonyl (C=O) groups excluding carboxylic acids is 4. The molecule has 6 nitrogen and oxygen atoms in total. The zero-order valence-corrected chi connectivity index (χ0v) is 17.4. The largest absolute Gasteiger partial charge is 0.349 e. The van der Waals surface area contributed by atoms with Gasteiger partial charge in [-0.05, 0) is 29.8 Å². The van der Waals surface area contributed by atoms with E-state index in [0.29, 0.717) is 10.5 Å². The molecule has 3 aliphatic rings. The molecule has 3 aromatic rings. The van der Waals surface area contributed by atoms with Crippen molar-refractivity contribution in [3.05, 3.63) is 101 Å². The molecule has 34 heavy (non-hydrogen) atoms. The van der Waals surface area contributed by atoms with Gasteiger partial charge in [0.05, 0.1) is 23.6 Å². The maximum absolute atomic E-state index is 14.6. The van der Waals surface area contributed by atoms with Crippen LogP contribution in [-0.2, 0) is 14.3 Å². The molecule has 3 aromatic carbocycles. The fourth-order valence-corrected chi connectivity index (χ4v) is 5.34. The van der Waals surface area contributed by atoms with E-state index in [1.807, 2.05) is 0 Å². The Kier molecular flexibility index (Phi) is 4.22. The Hall–Kier alpha value is -4.04. The summed E-state index contributed by atoms with van der Waals surface area (Å²) in [6.07, 6.45) is -1.19. The minimum absolute atomic E-state index is 0.0931. The predicted molar refractivity (Wildman–Crippen MR) is 114 cm³/mol. The number of halogens is 2. The summed E-state index contributed by atoms with van der Waals surface area (Å²) in [5, 5.41) is 0. The van der Waals surface area contributed by atoms with E-state index in [1.54, 1.807) is 12.1 Å². The van der Waals surface area contributed by atoms with Crippen molar-refractivity contribution < 1.29 is 32.7 Å². The van der Waals surface area contributed by atoms with Gasteiger partial charge in [-0.2, -0.15) is 0 Å². The molecular weight excluding hydrogens is 444 g/mol. The second-order valence-corrected chi connectivity index (χ2v) is 8.50. The third-order valence-electron chi connectivity index (χ3n) is 6.81. The number of carbonyl (C=O) groups is 4. The zero-order chi connectivity index (χ0) is 23.8. The standard InChI is InChI=1S/C26H15F2NO5/c27-14-11-9-13(10-12-14)21-19-20(25(33)29(24(19)32)18-8-4-3-7-17(18)28)26(34-21)22(30)15-5-1-2-6-16(15)23(26)31/h1-12,19-21H. The average Bonchev–Trinajstić information content (AvgIpc) is 3.40. The highest BCUT2D eigenvalue weighted by atomic mass is 19.1. The number of imide groups is 1. The van der Waals surface area contributed by atoms with Crippen LogP contribution in [0.3, 0.4) is 0 Å². The Labute approximate surface area is 191 Å². The Bertz CT molecular complexity index is 1380. The lowest BCUT2D eigenvalue weighted by Crippen LogP contribution is -2.51. The van der Waals surface area contributed by atoms with Gasteiger partial charge in [0.15, 0.2) is 0 Å². The number of ether oxygens (including phenoxy) is 1. The fraction of sp³-hybridized carbons (Fsp3) is 0.154. The highest BCUT2D eigenvalue weighted by Crippen LogP contribution is 2.57. The number of benzene rings is 3. The summed E-state index contributed by atoms with van der Waals surface area (Å²) < 4.78 is 34.3. The maximum atomic E-state index is 14.6. The summed E-state index contributed by atoms with van der Waals surface area (Å²) in [5.41, 5.74) is -2.02. The molecule has 8 heteroatoms. The van der Waals surface area contributed by atoms with E-state index in [0.717, 1.165) is 18.2 Å². The van der Waals surface area contributed by atoms with E-state index in [2.05, 4.69) is 0 Å². The molecule has 0 radical (unpaired) electrons. The second-order valence-electron chi connectivity index (χ2n) is 8.50. The number of rotatable bonds is 2. The van der Waals surface area contributed by atoms with Gasteiger partial charge in [-0.1, -0.05) is 48.5 Å². The Morgan fingerprint density at radius 3 is 1.94 bits per heavy atom. The van der Waals surface area contributed by atoms with Crippen LogP contribution >= 0.6 is 0 Å². The van der Waals surface area contributed by atoms with Crippen LogP contribution < -0.4 is 4.90 Å². The Balaban J connectivity index is 1.56. The van der Waals surface area contributed by atoms with E-state index in [4.69, 9.17) is 4.74 Å². The molecule has 0 N–H and O–H groups in total. The van der Waals surface area contributed by atoms with Crippen LogP contribution in [0, 0.1) is 23.5 Å². The predicted octanol–water partition coefficient (Wildman–Crippen LogP) is 3.66. The number of hydrogen-bond donors (Lipinski definition) is 0. The van der Waals surface area contributed by atoms with Crippen LogP contribution in [0.4, 0.5) is 14.5 Å². The molecule has 168 valence electrons. The highest BCUT2D eigenvalue weighted by molar-refractivity contribution is 6.37. The maximum Gasteiger partial charge on any atom is 0.241 e. The molecule has 3 atom stereocenters. The van der Waals surface area contributed by atoms with Crippen molar-refractivity contribution in [3.8, 4) is 0 Å². The van der Waals surface area contributed by atoms with Crippen LogP contribution in [-0.4, -0.2) is 29.0 Å². The lowest BCUT2D eigenvalue weighted by atomic mass is 9.77. The normalized spacial score (nSPS) is 24.8. The molecular formula is C26H15F2NO5. The van der Waals surface area contributed by atoms with Gasteiger partial charge >= 0.3 is 0 Å². The van der Waals surface area contributed by atoms with Crippen LogP contribution in [0.25, 0.3) is 0 Å². The summed E-state index contributed by atoms with van der Waals surface area (Å²) in [6, 6.07) is 16.4.